The van der Waals surface area contributed by atoms with E-state index in [2.05, 4.69) is 16.7 Å². The number of fused-ring (bicyclic) bond motifs is 1. The Hall–Kier alpha value is -1.35. The van der Waals surface area contributed by atoms with Crippen LogP contribution >= 0.6 is 0 Å². The number of piperazine rings is 1. The topological polar surface area (TPSA) is 23.6 Å². The van der Waals surface area contributed by atoms with Crippen LogP contribution in [0.4, 0.5) is 0 Å². The zero-order valence-corrected chi connectivity index (χ0v) is 10.9. The van der Waals surface area contributed by atoms with Crippen LogP contribution in [0, 0.1) is 0 Å². The van der Waals surface area contributed by atoms with Crippen LogP contribution in [0.1, 0.15) is 30.1 Å². The summed E-state index contributed by atoms with van der Waals surface area (Å²) in [6.45, 7) is 5.30. The average molecular weight is 244 g/mol. The van der Waals surface area contributed by atoms with Crippen LogP contribution in [-0.2, 0) is 0 Å². The molecule has 0 saturated carbocycles. The Balaban J connectivity index is 1.77. The third-order valence-electron chi connectivity index (χ3n) is 4.22. The van der Waals surface area contributed by atoms with Crippen molar-refractivity contribution in [3.63, 3.8) is 0 Å². The number of amides is 1. The van der Waals surface area contributed by atoms with Gasteiger partial charge in [0, 0.05) is 30.7 Å². The first-order valence-corrected chi connectivity index (χ1v) is 6.86. The molecule has 18 heavy (non-hydrogen) atoms. The molecule has 3 rings (SSSR count). The monoisotopic (exact) mass is 244 g/mol. The maximum atomic E-state index is 12.5. The summed E-state index contributed by atoms with van der Waals surface area (Å²) in [6.07, 6.45) is 2.52. The van der Waals surface area contributed by atoms with E-state index in [0.29, 0.717) is 12.1 Å². The van der Waals surface area contributed by atoms with Gasteiger partial charge in [0.25, 0.3) is 5.91 Å². The van der Waals surface area contributed by atoms with Crippen molar-refractivity contribution in [2.24, 2.45) is 0 Å². The van der Waals surface area contributed by atoms with E-state index in [4.69, 9.17) is 0 Å². The Kier molecular flexibility index (Phi) is 3.08. The van der Waals surface area contributed by atoms with E-state index in [1.165, 1.54) is 19.4 Å². The van der Waals surface area contributed by atoms with Gasteiger partial charge in [-0.05, 0) is 38.4 Å². The summed E-state index contributed by atoms with van der Waals surface area (Å²) in [5.41, 5.74) is 0.816. The lowest BCUT2D eigenvalue weighted by molar-refractivity contribution is 0.0395. The molecule has 2 unspecified atom stereocenters. The van der Waals surface area contributed by atoms with E-state index < -0.39 is 0 Å². The molecule has 2 aliphatic heterocycles. The lowest BCUT2D eigenvalue weighted by atomic mass is 10.1. The highest BCUT2D eigenvalue weighted by molar-refractivity contribution is 5.94. The van der Waals surface area contributed by atoms with E-state index >= 15 is 0 Å². The number of hydrogen-bond acceptors (Lipinski definition) is 2. The van der Waals surface area contributed by atoms with Gasteiger partial charge in [-0.1, -0.05) is 18.2 Å². The van der Waals surface area contributed by atoms with Gasteiger partial charge >= 0.3 is 0 Å². The molecule has 1 aromatic carbocycles. The predicted octanol–water partition coefficient (Wildman–Crippen LogP) is 2.00. The van der Waals surface area contributed by atoms with Gasteiger partial charge < -0.3 is 4.90 Å². The normalized spacial score (nSPS) is 28.2. The molecule has 0 aromatic heterocycles. The summed E-state index contributed by atoms with van der Waals surface area (Å²) in [7, 11) is 0. The molecule has 0 N–H and O–H groups in total. The molecule has 2 fully saturated rings. The van der Waals surface area contributed by atoms with Crippen molar-refractivity contribution >= 4 is 5.91 Å². The first-order chi connectivity index (χ1) is 8.75. The van der Waals surface area contributed by atoms with E-state index in [1.807, 2.05) is 30.3 Å². The maximum absolute atomic E-state index is 12.5. The van der Waals surface area contributed by atoms with E-state index in [1.54, 1.807) is 0 Å². The Labute approximate surface area is 108 Å². The molecule has 0 radical (unpaired) electrons. The van der Waals surface area contributed by atoms with Gasteiger partial charge in [0.1, 0.15) is 0 Å². The summed E-state index contributed by atoms with van der Waals surface area (Å²) in [6, 6.07) is 10.6. The van der Waals surface area contributed by atoms with Crippen molar-refractivity contribution in [1.82, 2.24) is 9.80 Å². The number of hydrogen-bond donors (Lipinski definition) is 0. The van der Waals surface area contributed by atoms with Crippen LogP contribution in [0.5, 0.6) is 0 Å². The molecule has 3 heteroatoms. The molecule has 0 bridgehead atoms. The van der Waals surface area contributed by atoms with Crippen molar-refractivity contribution in [2.75, 3.05) is 19.6 Å². The average Bonchev–Trinajstić information content (AvgIpc) is 2.85. The van der Waals surface area contributed by atoms with Crippen molar-refractivity contribution in [3.05, 3.63) is 35.9 Å². The molecule has 3 nitrogen and oxygen atoms in total. The maximum Gasteiger partial charge on any atom is 0.254 e. The van der Waals surface area contributed by atoms with Crippen LogP contribution in [0.3, 0.4) is 0 Å². The summed E-state index contributed by atoms with van der Waals surface area (Å²) in [5.74, 6) is 0.189. The minimum Gasteiger partial charge on any atom is -0.333 e. The number of rotatable bonds is 1. The molecule has 2 atom stereocenters. The van der Waals surface area contributed by atoms with E-state index in [-0.39, 0.29) is 5.91 Å². The molecule has 0 aliphatic carbocycles. The molecular weight excluding hydrogens is 224 g/mol. The SMILES string of the molecule is CC1CN2CCCC2CN1C(=O)c1ccccc1. The number of carbonyl (C=O) groups excluding carboxylic acids is 1. The summed E-state index contributed by atoms with van der Waals surface area (Å²) in [5, 5.41) is 0. The van der Waals surface area contributed by atoms with E-state index in [0.717, 1.165) is 18.7 Å². The van der Waals surface area contributed by atoms with Gasteiger partial charge in [0.05, 0.1) is 0 Å². The second-order valence-electron chi connectivity index (χ2n) is 5.46. The number of nitrogens with zero attached hydrogens (tertiary/aromatic N) is 2. The highest BCUT2D eigenvalue weighted by Crippen LogP contribution is 2.25. The molecule has 2 aliphatic rings. The second kappa shape index (κ2) is 4.73. The van der Waals surface area contributed by atoms with Crippen molar-refractivity contribution < 1.29 is 4.79 Å². The molecule has 0 spiro atoms. The highest BCUT2D eigenvalue weighted by Gasteiger charge is 2.36. The zero-order valence-electron chi connectivity index (χ0n) is 10.9. The standard InChI is InChI=1S/C15H20N2O/c1-12-10-16-9-5-8-14(16)11-17(12)15(18)13-6-3-2-4-7-13/h2-4,6-7,12,14H,5,8-11H2,1H3. The third-order valence-corrected chi connectivity index (χ3v) is 4.22. The third kappa shape index (κ3) is 2.03. The van der Waals surface area contributed by atoms with Gasteiger partial charge in [0.2, 0.25) is 0 Å². The van der Waals surface area contributed by atoms with Crippen LogP contribution in [0.15, 0.2) is 30.3 Å². The number of benzene rings is 1. The fourth-order valence-corrected chi connectivity index (χ4v) is 3.22. The van der Waals surface area contributed by atoms with Crippen molar-refractivity contribution in [2.45, 2.75) is 31.8 Å². The summed E-state index contributed by atoms with van der Waals surface area (Å²) in [4.78, 5) is 17.1. The molecular formula is C15H20N2O. The predicted molar refractivity (Wildman–Crippen MR) is 71.5 cm³/mol. The van der Waals surface area contributed by atoms with Crippen LogP contribution in [0.25, 0.3) is 0 Å². The van der Waals surface area contributed by atoms with Gasteiger partial charge in [0.15, 0.2) is 0 Å². The Morgan fingerprint density at radius 2 is 2.00 bits per heavy atom. The fraction of sp³-hybridized carbons (Fsp3) is 0.533. The van der Waals surface area contributed by atoms with Crippen LogP contribution in [-0.4, -0.2) is 47.4 Å². The molecule has 2 heterocycles. The van der Waals surface area contributed by atoms with Crippen LogP contribution in [0.2, 0.25) is 0 Å². The lowest BCUT2D eigenvalue weighted by Crippen LogP contribution is -2.56. The minimum atomic E-state index is 0.189. The molecule has 1 aromatic rings. The quantitative estimate of drug-likeness (QED) is 0.754. The van der Waals surface area contributed by atoms with Gasteiger partial charge in [-0.15, -0.1) is 0 Å². The van der Waals surface area contributed by atoms with Gasteiger partial charge in [-0.3, -0.25) is 9.69 Å². The minimum absolute atomic E-state index is 0.189. The number of carbonyl (C=O) groups is 1. The molecule has 2 saturated heterocycles. The smallest absolute Gasteiger partial charge is 0.254 e. The zero-order chi connectivity index (χ0) is 12.5. The van der Waals surface area contributed by atoms with Gasteiger partial charge in [-0.25, -0.2) is 0 Å². The summed E-state index contributed by atoms with van der Waals surface area (Å²) >= 11 is 0. The second-order valence-corrected chi connectivity index (χ2v) is 5.46. The van der Waals surface area contributed by atoms with Crippen LogP contribution < -0.4 is 0 Å². The van der Waals surface area contributed by atoms with Crippen molar-refractivity contribution in [1.29, 1.82) is 0 Å². The summed E-state index contributed by atoms with van der Waals surface area (Å²) < 4.78 is 0. The fourth-order valence-electron chi connectivity index (χ4n) is 3.22. The van der Waals surface area contributed by atoms with Gasteiger partial charge in [-0.2, -0.15) is 0 Å². The first kappa shape index (κ1) is 11.7. The first-order valence-electron chi connectivity index (χ1n) is 6.86. The Morgan fingerprint density at radius 1 is 1.22 bits per heavy atom. The highest BCUT2D eigenvalue weighted by atomic mass is 16.2. The lowest BCUT2D eigenvalue weighted by Gasteiger charge is -2.42. The molecule has 96 valence electrons. The van der Waals surface area contributed by atoms with Crippen molar-refractivity contribution in [3.8, 4) is 0 Å². The molecule has 1 amide bonds. The Bertz CT molecular complexity index is 431. The Morgan fingerprint density at radius 3 is 2.78 bits per heavy atom. The van der Waals surface area contributed by atoms with E-state index in [9.17, 15) is 4.79 Å². The largest absolute Gasteiger partial charge is 0.333 e.